The Balaban J connectivity index is 0.909. The average Bonchev–Trinajstić information content (AvgIpc) is 4.01. The lowest BCUT2D eigenvalue weighted by Crippen LogP contribution is -2.25. The Morgan fingerprint density at radius 1 is 0.299 bits per heavy atom. The Morgan fingerprint density at radius 3 is 1.54 bits per heavy atom. The van der Waals surface area contributed by atoms with E-state index in [2.05, 4.69) is 264 Å². The van der Waals surface area contributed by atoms with Crippen molar-refractivity contribution in [1.29, 1.82) is 0 Å². The summed E-state index contributed by atoms with van der Waals surface area (Å²) in [6.45, 7) is 0. The molecule has 1 spiro atoms. The van der Waals surface area contributed by atoms with Crippen molar-refractivity contribution in [2.75, 3.05) is 4.90 Å². The molecular formula is C65H42N2. The lowest BCUT2D eigenvalue weighted by molar-refractivity contribution is 0.794. The predicted octanol–water partition coefficient (Wildman–Crippen LogP) is 17.1. The van der Waals surface area contributed by atoms with Crippen LogP contribution in [0, 0.1) is 0 Å². The van der Waals surface area contributed by atoms with Crippen molar-refractivity contribution < 1.29 is 0 Å². The molecule has 312 valence electrons. The molecule has 2 nitrogen and oxygen atoms in total. The molecule has 2 aliphatic rings. The monoisotopic (exact) mass is 850 g/mol. The molecule has 0 amide bonds. The molecule has 2 heteroatoms. The molecule has 1 aromatic heterocycles. The molecule has 12 aromatic rings. The third-order valence-electron chi connectivity index (χ3n) is 14.6. The maximum absolute atomic E-state index is 2.46. The van der Waals surface area contributed by atoms with Crippen LogP contribution in [0.1, 0.15) is 22.3 Å². The van der Waals surface area contributed by atoms with E-state index < -0.39 is 0 Å². The first-order valence-electron chi connectivity index (χ1n) is 23.3. The molecule has 0 aliphatic heterocycles. The minimum absolute atomic E-state index is 0.387. The zero-order valence-electron chi connectivity index (χ0n) is 36.6. The Labute approximate surface area is 389 Å². The van der Waals surface area contributed by atoms with Gasteiger partial charge >= 0.3 is 0 Å². The number of hydrogen-bond acceptors (Lipinski definition) is 1. The normalized spacial score (nSPS) is 12.9. The number of fused-ring (bicyclic) bond motifs is 14. The van der Waals surface area contributed by atoms with Gasteiger partial charge in [0.15, 0.2) is 0 Å². The predicted molar refractivity (Wildman–Crippen MR) is 280 cm³/mol. The van der Waals surface area contributed by atoms with Crippen molar-refractivity contribution in [3.05, 3.63) is 277 Å². The van der Waals surface area contributed by atoms with Crippen LogP contribution in [0.2, 0.25) is 0 Å². The van der Waals surface area contributed by atoms with Crippen LogP contribution in [-0.4, -0.2) is 4.57 Å². The van der Waals surface area contributed by atoms with E-state index in [4.69, 9.17) is 0 Å². The third-order valence-corrected chi connectivity index (χ3v) is 14.6. The van der Waals surface area contributed by atoms with Gasteiger partial charge in [0.05, 0.1) is 22.1 Å². The van der Waals surface area contributed by atoms with Gasteiger partial charge in [-0.15, -0.1) is 0 Å². The highest BCUT2D eigenvalue weighted by Gasteiger charge is 2.51. The maximum atomic E-state index is 2.46. The molecule has 67 heavy (non-hydrogen) atoms. The minimum Gasteiger partial charge on any atom is -0.310 e. The van der Waals surface area contributed by atoms with Crippen molar-refractivity contribution in [2.45, 2.75) is 5.41 Å². The summed E-state index contributed by atoms with van der Waals surface area (Å²) < 4.78 is 2.42. The summed E-state index contributed by atoms with van der Waals surface area (Å²) >= 11 is 0. The molecule has 0 radical (unpaired) electrons. The van der Waals surface area contributed by atoms with Gasteiger partial charge < -0.3 is 9.47 Å². The minimum atomic E-state index is -0.387. The second kappa shape index (κ2) is 14.7. The largest absolute Gasteiger partial charge is 0.310 e. The Hall–Kier alpha value is -8.72. The number of aromatic nitrogens is 1. The van der Waals surface area contributed by atoms with Gasteiger partial charge in [-0.05, 0) is 127 Å². The average molecular weight is 851 g/mol. The number of benzene rings is 11. The molecule has 0 bridgehead atoms. The molecule has 0 atom stereocenters. The lowest BCUT2D eigenvalue weighted by atomic mass is 9.70. The Bertz CT molecular complexity index is 3860. The van der Waals surface area contributed by atoms with E-state index in [9.17, 15) is 0 Å². The Kier molecular flexibility index (Phi) is 8.23. The van der Waals surface area contributed by atoms with Crippen molar-refractivity contribution in [3.63, 3.8) is 0 Å². The maximum Gasteiger partial charge on any atom is 0.0725 e. The van der Waals surface area contributed by atoms with E-state index in [0.29, 0.717) is 0 Å². The van der Waals surface area contributed by atoms with Gasteiger partial charge in [-0.25, -0.2) is 0 Å². The van der Waals surface area contributed by atoms with E-state index in [1.54, 1.807) is 0 Å². The molecule has 1 heterocycles. The van der Waals surface area contributed by atoms with E-state index in [-0.39, 0.29) is 5.41 Å². The van der Waals surface area contributed by atoms with Crippen LogP contribution in [0.25, 0.3) is 82.8 Å². The molecule has 11 aromatic carbocycles. The quantitative estimate of drug-likeness (QED) is 0.162. The smallest absolute Gasteiger partial charge is 0.0725 e. The zero-order chi connectivity index (χ0) is 44.1. The summed E-state index contributed by atoms with van der Waals surface area (Å²) in [6, 6.07) is 94.2. The second-order valence-electron chi connectivity index (χ2n) is 18.0. The lowest BCUT2D eigenvalue weighted by Gasteiger charge is -2.31. The fraction of sp³-hybridized carbons (Fsp3) is 0.0154. The Morgan fingerprint density at radius 2 is 0.806 bits per heavy atom. The first kappa shape index (κ1) is 37.6. The number of para-hydroxylation sites is 1. The molecule has 0 saturated carbocycles. The van der Waals surface area contributed by atoms with E-state index in [0.717, 1.165) is 22.7 Å². The molecule has 0 N–H and O–H groups in total. The van der Waals surface area contributed by atoms with Crippen LogP contribution in [-0.2, 0) is 5.41 Å². The van der Waals surface area contributed by atoms with Gasteiger partial charge in [0, 0.05) is 33.2 Å². The first-order valence-corrected chi connectivity index (χ1v) is 23.3. The SMILES string of the molecule is c1ccc(-c2ccc(-n3c4ccccc4c4ccc(-c5ccc(N(c6ccc7c(c6)-c6ccccc6C76c7ccccc7-c7ccccc76)c6cccc7ccccc67)cc5)cc43)cc2)cc1. The van der Waals surface area contributed by atoms with Gasteiger partial charge in [-0.1, -0.05) is 200 Å². The summed E-state index contributed by atoms with van der Waals surface area (Å²) in [7, 11) is 0. The molecule has 0 saturated heterocycles. The summed E-state index contributed by atoms with van der Waals surface area (Å²) in [4.78, 5) is 2.46. The van der Waals surface area contributed by atoms with Crippen molar-refractivity contribution in [1.82, 2.24) is 4.57 Å². The van der Waals surface area contributed by atoms with Gasteiger partial charge in [0.25, 0.3) is 0 Å². The van der Waals surface area contributed by atoms with Crippen molar-refractivity contribution in [3.8, 4) is 50.2 Å². The van der Waals surface area contributed by atoms with E-state index in [1.165, 1.54) is 99.3 Å². The number of rotatable bonds is 6. The molecule has 2 aliphatic carbocycles. The molecule has 14 rings (SSSR count). The van der Waals surface area contributed by atoms with Crippen LogP contribution in [0.3, 0.4) is 0 Å². The van der Waals surface area contributed by atoms with Crippen LogP contribution in [0.5, 0.6) is 0 Å². The zero-order valence-corrected chi connectivity index (χ0v) is 36.6. The second-order valence-corrected chi connectivity index (χ2v) is 18.0. The van der Waals surface area contributed by atoms with Crippen molar-refractivity contribution >= 4 is 49.6 Å². The molecule has 0 unspecified atom stereocenters. The van der Waals surface area contributed by atoms with Crippen LogP contribution < -0.4 is 4.90 Å². The third kappa shape index (κ3) is 5.51. The van der Waals surface area contributed by atoms with Crippen LogP contribution in [0.4, 0.5) is 17.1 Å². The van der Waals surface area contributed by atoms with E-state index >= 15 is 0 Å². The highest BCUT2D eigenvalue weighted by atomic mass is 15.1. The van der Waals surface area contributed by atoms with E-state index in [1.807, 2.05) is 0 Å². The van der Waals surface area contributed by atoms with Gasteiger partial charge in [0.1, 0.15) is 0 Å². The number of hydrogen-bond donors (Lipinski definition) is 0. The highest BCUT2D eigenvalue weighted by Crippen LogP contribution is 2.63. The first-order chi connectivity index (χ1) is 33.2. The topological polar surface area (TPSA) is 8.17 Å². The van der Waals surface area contributed by atoms with Gasteiger partial charge in [-0.2, -0.15) is 0 Å². The standard InChI is InChI=1S/C65H42N2/c1-2-15-43(16-3-1)44-29-36-49(37-30-44)67-63-27-13-9-23-55(63)56-39-33-47(41-64(56)67)45-31-34-48(35-32-45)66(62-28-14-18-46-17-4-5-19-51(46)62)50-38-40-61-57(42-50)54-22-8-12-26-60(54)65(61)58-24-10-6-20-52(58)53-21-7-11-25-59(53)65/h1-42H. The number of anilines is 3. The highest BCUT2D eigenvalue weighted by molar-refractivity contribution is 6.10. The van der Waals surface area contributed by atoms with Crippen LogP contribution in [0.15, 0.2) is 255 Å². The molecule has 0 fully saturated rings. The summed E-state index contributed by atoms with van der Waals surface area (Å²) in [6.07, 6.45) is 0. The number of nitrogens with zero attached hydrogens (tertiary/aromatic N) is 2. The fourth-order valence-corrected chi connectivity index (χ4v) is 11.7. The summed E-state index contributed by atoms with van der Waals surface area (Å²) in [5.41, 5.74) is 21.9. The fourth-order valence-electron chi connectivity index (χ4n) is 11.7. The summed E-state index contributed by atoms with van der Waals surface area (Å²) in [5.74, 6) is 0. The van der Waals surface area contributed by atoms with Crippen molar-refractivity contribution in [2.24, 2.45) is 0 Å². The molecular weight excluding hydrogens is 809 g/mol. The van der Waals surface area contributed by atoms with Crippen LogP contribution >= 0.6 is 0 Å². The summed E-state index contributed by atoms with van der Waals surface area (Å²) in [5, 5.41) is 4.92. The van der Waals surface area contributed by atoms with Gasteiger partial charge in [0.2, 0.25) is 0 Å². The van der Waals surface area contributed by atoms with Gasteiger partial charge in [-0.3, -0.25) is 0 Å².